The highest BCUT2D eigenvalue weighted by Gasteiger charge is 2.34. The molecule has 4 heteroatoms. The standard InChI is InChI=1S/C13H17BrN2O/c1-3-10-7-6-9(2)16(10)13(17)11-5-4-8-15-12(11)14/h4-5,8-10H,3,6-7H2,1-2H3. The second-order valence-electron chi connectivity index (χ2n) is 4.54. The monoisotopic (exact) mass is 296 g/mol. The molecule has 1 aromatic heterocycles. The van der Waals surface area contributed by atoms with Gasteiger partial charge in [-0.1, -0.05) is 6.92 Å². The Bertz CT molecular complexity index is 422. The maximum absolute atomic E-state index is 12.5. The smallest absolute Gasteiger partial charge is 0.257 e. The number of rotatable bonds is 2. The van der Waals surface area contributed by atoms with Crippen LogP contribution in [0.1, 0.15) is 43.5 Å². The molecule has 2 unspecified atom stereocenters. The number of carbonyl (C=O) groups excluding carboxylic acids is 1. The van der Waals surface area contributed by atoms with Gasteiger partial charge in [-0.25, -0.2) is 4.98 Å². The number of amides is 1. The molecule has 2 atom stereocenters. The van der Waals surface area contributed by atoms with Crippen molar-refractivity contribution in [2.45, 2.75) is 45.2 Å². The first-order chi connectivity index (χ1) is 8.15. The predicted molar refractivity (Wildman–Crippen MR) is 70.9 cm³/mol. The molecule has 17 heavy (non-hydrogen) atoms. The summed E-state index contributed by atoms with van der Waals surface area (Å²) in [6, 6.07) is 4.35. The van der Waals surface area contributed by atoms with E-state index < -0.39 is 0 Å². The highest BCUT2D eigenvalue weighted by atomic mass is 79.9. The average Bonchev–Trinajstić information content (AvgIpc) is 2.70. The first-order valence-corrected chi connectivity index (χ1v) is 6.87. The molecule has 1 aromatic rings. The predicted octanol–water partition coefficient (Wildman–Crippen LogP) is 3.25. The summed E-state index contributed by atoms with van der Waals surface area (Å²) in [5.41, 5.74) is 0.666. The van der Waals surface area contributed by atoms with Crippen LogP contribution in [0.5, 0.6) is 0 Å². The van der Waals surface area contributed by atoms with E-state index in [0.717, 1.165) is 19.3 Å². The van der Waals surface area contributed by atoms with E-state index in [4.69, 9.17) is 0 Å². The van der Waals surface area contributed by atoms with Gasteiger partial charge in [-0.3, -0.25) is 4.79 Å². The summed E-state index contributed by atoms with van der Waals surface area (Å²) in [6.07, 6.45) is 4.92. The van der Waals surface area contributed by atoms with E-state index in [9.17, 15) is 4.79 Å². The molecule has 0 aliphatic carbocycles. The molecule has 1 fully saturated rings. The summed E-state index contributed by atoms with van der Waals surface area (Å²) in [4.78, 5) is 18.6. The van der Waals surface area contributed by atoms with Gasteiger partial charge in [0.05, 0.1) is 5.56 Å². The molecule has 1 amide bonds. The molecule has 0 N–H and O–H groups in total. The van der Waals surface area contributed by atoms with Crippen molar-refractivity contribution in [3.8, 4) is 0 Å². The fourth-order valence-electron chi connectivity index (χ4n) is 2.52. The number of hydrogen-bond donors (Lipinski definition) is 0. The van der Waals surface area contributed by atoms with Crippen molar-refractivity contribution in [2.75, 3.05) is 0 Å². The van der Waals surface area contributed by atoms with Gasteiger partial charge in [0.1, 0.15) is 4.60 Å². The maximum atomic E-state index is 12.5. The van der Waals surface area contributed by atoms with Gasteiger partial charge in [-0.15, -0.1) is 0 Å². The van der Waals surface area contributed by atoms with Crippen LogP contribution in [-0.2, 0) is 0 Å². The van der Waals surface area contributed by atoms with Crippen LogP contribution in [-0.4, -0.2) is 27.9 Å². The highest BCUT2D eigenvalue weighted by molar-refractivity contribution is 9.10. The van der Waals surface area contributed by atoms with Gasteiger partial charge in [0.25, 0.3) is 5.91 Å². The van der Waals surface area contributed by atoms with Crippen LogP contribution in [0.15, 0.2) is 22.9 Å². The summed E-state index contributed by atoms with van der Waals surface area (Å²) in [5.74, 6) is 0.0989. The van der Waals surface area contributed by atoms with Crippen LogP contribution in [0.4, 0.5) is 0 Å². The van der Waals surface area contributed by atoms with Gasteiger partial charge >= 0.3 is 0 Å². The summed E-state index contributed by atoms with van der Waals surface area (Å²) in [7, 11) is 0. The number of hydrogen-bond acceptors (Lipinski definition) is 2. The van der Waals surface area contributed by atoms with Crippen LogP contribution in [0.3, 0.4) is 0 Å². The number of likely N-dealkylation sites (tertiary alicyclic amines) is 1. The zero-order chi connectivity index (χ0) is 12.4. The fraction of sp³-hybridized carbons (Fsp3) is 0.538. The molecule has 0 saturated carbocycles. The third kappa shape index (κ3) is 2.37. The first kappa shape index (κ1) is 12.6. The van der Waals surface area contributed by atoms with E-state index in [1.165, 1.54) is 0 Å². The van der Waals surface area contributed by atoms with Crippen molar-refractivity contribution in [1.82, 2.24) is 9.88 Å². The van der Waals surface area contributed by atoms with Crippen LogP contribution >= 0.6 is 15.9 Å². The Morgan fingerprint density at radius 2 is 2.35 bits per heavy atom. The Labute approximate surface area is 110 Å². The minimum atomic E-state index is 0.0989. The van der Waals surface area contributed by atoms with Crippen molar-refractivity contribution in [1.29, 1.82) is 0 Å². The Balaban J connectivity index is 2.28. The van der Waals surface area contributed by atoms with Gasteiger partial charge in [0, 0.05) is 18.3 Å². The van der Waals surface area contributed by atoms with E-state index in [-0.39, 0.29) is 5.91 Å². The molecule has 1 aliphatic rings. The normalized spacial score (nSPS) is 24.1. The zero-order valence-corrected chi connectivity index (χ0v) is 11.8. The van der Waals surface area contributed by atoms with Gasteiger partial charge < -0.3 is 4.90 Å². The largest absolute Gasteiger partial charge is 0.333 e. The number of carbonyl (C=O) groups is 1. The van der Waals surface area contributed by atoms with Crippen LogP contribution in [0.2, 0.25) is 0 Å². The highest BCUT2D eigenvalue weighted by Crippen LogP contribution is 2.29. The molecular weight excluding hydrogens is 280 g/mol. The van der Waals surface area contributed by atoms with Gasteiger partial charge in [0.2, 0.25) is 0 Å². The zero-order valence-electron chi connectivity index (χ0n) is 10.2. The topological polar surface area (TPSA) is 33.2 Å². The summed E-state index contributed by atoms with van der Waals surface area (Å²) in [6.45, 7) is 4.26. The maximum Gasteiger partial charge on any atom is 0.257 e. The molecule has 0 aromatic carbocycles. The number of pyridine rings is 1. The summed E-state index contributed by atoms with van der Waals surface area (Å²) in [5, 5.41) is 0. The summed E-state index contributed by atoms with van der Waals surface area (Å²) < 4.78 is 0.638. The van der Waals surface area contributed by atoms with E-state index in [0.29, 0.717) is 22.3 Å². The molecule has 3 nitrogen and oxygen atoms in total. The summed E-state index contributed by atoms with van der Waals surface area (Å²) >= 11 is 3.35. The van der Waals surface area contributed by atoms with E-state index in [1.807, 2.05) is 11.0 Å². The van der Waals surface area contributed by atoms with Crippen molar-refractivity contribution in [3.05, 3.63) is 28.5 Å². The molecule has 1 aliphatic heterocycles. The Morgan fingerprint density at radius 3 is 3.00 bits per heavy atom. The van der Waals surface area contributed by atoms with Crippen molar-refractivity contribution in [2.24, 2.45) is 0 Å². The van der Waals surface area contributed by atoms with Gasteiger partial charge in [-0.2, -0.15) is 0 Å². The fourth-order valence-corrected chi connectivity index (χ4v) is 2.94. The molecule has 0 radical (unpaired) electrons. The lowest BCUT2D eigenvalue weighted by Crippen LogP contribution is -2.39. The molecule has 92 valence electrons. The van der Waals surface area contributed by atoms with Crippen LogP contribution in [0.25, 0.3) is 0 Å². The third-order valence-corrected chi connectivity index (χ3v) is 4.11. The van der Waals surface area contributed by atoms with Crippen molar-refractivity contribution in [3.63, 3.8) is 0 Å². The van der Waals surface area contributed by atoms with Crippen LogP contribution in [0, 0.1) is 0 Å². The molecule has 0 bridgehead atoms. The van der Waals surface area contributed by atoms with Gasteiger partial charge in [0.15, 0.2) is 0 Å². The third-order valence-electron chi connectivity index (χ3n) is 3.48. The molecule has 0 spiro atoms. The number of halogens is 1. The van der Waals surface area contributed by atoms with Crippen molar-refractivity contribution < 1.29 is 4.79 Å². The Hall–Kier alpha value is -0.900. The first-order valence-electron chi connectivity index (χ1n) is 6.08. The van der Waals surface area contributed by atoms with Crippen LogP contribution < -0.4 is 0 Å². The molecule has 1 saturated heterocycles. The molecular formula is C13H17BrN2O. The average molecular weight is 297 g/mol. The molecule has 2 rings (SSSR count). The Morgan fingerprint density at radius 1 is 1.59 bits per heavy atom. The van der Waals surface area contributed by atoms with Crippen molar-refractivity contribution >= 4 is 21.8 Å². The second kappa shape index (κ2) is 5.17. The van der Waals surface area contributed by atoms with E-state index in [2.05, 4.69) is 34.8 Å². The number of nitrogens with zero attached hydrogens (tertiary/aromatic N) is 2. The molecule has 2 heterocycles. The minimum Gasteiger partial charge on any atom is -0.333 e. The van der Waals surface area contributed by atoms with Gasteiger partial charge in [-0.05, 0) is 54.2 Å². The Kier molecular flexibility index (Phi) is 3.82. The SMILES string of the molecule is CCC1CCC(C)N1C(=O)c1cccnc1Br. The quantitative estimate of drug-likeness (QED) is 0.785. The minimum absolute atomic E-state index is 0.0989. The lowest BCUT2D eigenvalue weighted by molar-refractivity contribution is 0.0675. The lowest BCUT2D eigenvalue weighted by Gasteiger charge is -2.28. The number of aromatic nitrogens is 1. The lowest BCUT2D eigenvalue weighted by atomic mass is 10.1. The van der Waals surface area contributed by atoms with E-state index >= 15 is 0 Å². The van der Waals surface area contributed by atoms with E-state index in [1.54, 1.807) is 12.3 Å². The second-order valence-corrected chi connectivity index (χ2v) is 5.29.